The van der Waals surface area contributed by atoms with Gasteiger partial charge < -0.3 is 10.7 Å². The first kappa shape index (κ1) is 12.5. The second kappa shape index (κ2) is 4.73. The van der Waals surface area contributed by atoms with Gasteiger partial charge in [-0.3, -0.25) is 19.7 Å². The Kier molecular flexibility index (Phi) is 3.11. The fourth-order valence-electron chi connectivity index (χ4n) is 1.61. The summed E-state index contributed by atoms with van der Waals surface area (Å²) in [6, 6.07) is 7.07. The van der Waals surface area contributed by atoms with Crippen LogP contribution >= 0.6 is 0 Å². The fourth-order valence-corrected chi connectivity index (χ4v) is 1.61. The van der Waals surface area contributed by atoms with E-state index in [1.54, 1.807) is 0 Å². The maximum absolute atomic E-state index is 11.3. The lowest BCUT2D eigenvalue weighted by Crippen LogP contribution is -2.23. The molecule has 3 N–H and O–H groups in total. The van der Waals surface area contributed by atoms with Gasteiger partial charge in [-0.05, 0) is 29.3 Å². The number of rotatable bonds is 3. The third-order valence-electron chi connectivity index (χ3n) is 2.58. The molecule has 0 bridgehead atoms. The summed E-state index contributed by atoms with van der Waals surface area (Å²) >= 11 is 0. The van der Waals surface area contributed by atoms with Crippen LogP contribution in [0.2, 0.25) is 0 Å². The molecule has 0 aliphatic heterocycles. The van der Waals surface area contributed by atoms with Crippen LogP contribution in [0.3, 0.4) is 0 Å². The van der Waals surface area contributed by atoms with Gasteiger partial charge in [0.25, 0.3) is 17.2 Å². The van der Waals surface area contributed by atoms with Crippen LogP contribution in [0.1, 0.15) is 10.4 Å². The first-order valence-electron chi connectivity index (χ1n) is 5.26. The molecule has 19 heavy (non-hydrogen) atoms. The van der Waals surface area contributed by atoms with Gasteiger partial charge in [0, 0.05) is 18.3 Å². The summed E-state index contributed by atoms with van der Waals surface area (Å²) < 4.78 is 0. The van der Waals surface area contributed by atoms with Crippen LogP contribution < -0.4 is 11.3 Å². The van der Waals surface area contributed by atoms with E-state index in [2.05, 4.69) is 4.98 Å². The maximum Gasteiger partial charge on any atom is 0.269 e. The number of hydrogen-bond acceptors (Lipinski definition) is 4. The molecule has 0 aliphatic rings. The van der Waals surface area contributed by atoms with Crippen molar-refractivity contribution in [1.82, 2.24) is 4.98 Å². The summed E-state index contributed by atoms with van der Waals surface area (Å²) in [4.78, 5) is 34.8. The molecule has 1 amide bonds. The van der Waals surface area contributed by atoms with Crippen LogP contribution in [0, 0.1) is 10.1 Å². The van der Waals surface area contributed by atoms with Gasteiger partial charge in [-0.1, -0.05) is 0 Å². The van der Waals surface area contributed by atoms with Gasteiger partial charge in [-0.2, -0.15) is 0 Å². The number of H-pyrrole nitrogens is 1. The second-order valence-corrected chi connectivity index (χ2v) is 3.80. The molecule has 7 heteroatoms. The number of nitrogens with two attached hydrogens (primary N) is 1. The van der Waals surface area contributed by atoms with Gasteiger partial charge in [-0.25, -0.2) is 0 Å². The van der Waals surface area contributed by atoms with E-state index in [9.17, 15) is 19.7 Å². The molecular weight excluding hydrogens is 250 g/mol. The number of nitrogens with one attached hydrogen (secondary N) is 1. The quantitative estimate of drug-likeness (QED) is 0.632. The molecule has 0 unspecified atom stereocenters. The lowest BCUT2D eigenvalue weighted by Gasteiger charge is -2.02. The minimum atomic E-state index is -0.829. The van der Waals surface area contributed by atoms with E-state index in [1.165, 1.54) is 36.5 Å². The summed E-state index contributed by atoms with van der Waals surface area (Å²) in [5.41, 5.74) is 5.48. The number of carbonyl (C=O) groups is 1. The molecule has 0 atom stereocenters. The van der Waals surface area contributed by atoms with Crippen molar-refractivity contribution in [3.8, 4) is 11.1 Å². The number of carbonyl (C=O) groups excluding carboxylic acids is 1. The number of benzene rings is 1. The molecule has 0 radical (unpaired) electrons. The van der Waals surface area contributed by atoms with Crippen molar-refractivity contribution in [2.75, 3.05) is 0 Å². The Morgan fingerprint density at radius 1 is 1.21 bits per heavy atom. The van der Waals surface area contributed by atoms with Crippen molar-refractivity contribution in [2.24, 2.45) is 5.73 Å². The van der Waals surface area contributed by atoms with Crippen LogP contribution in [-0.4, -0.2) is 15.8 Å². The number of pyridine rings is 1. The molecule has 1 aromatic carbocycles. The van der Waals surface area contributed by atoms with Crippen LogP contribution in [0.4, 0.5) is 5.69 Å². The summed E-state index contributed by atoms with van der Waals surface area (Å²) in [5, 5.41) is 10.5. The van der Waals surface area contributed by atoms with Crippen LogP contribution in [0.15, 0.2) is 41.3 Å². The Morgan fingerprint density at radius 2 is 1.84 bits per heavy atom. The van der Waals surface area contributed by atoms with Crippen molar-refractivity contribution in [3.63, 3.8) is 0 Å². The van der Waals surface area contributed by atoms with E-state index in [-0.39, 0.29) is 11.3 Å². The van der Waals surface area contributed by atoms with Crippen LogP contribution in [-0.2, 0) is 0 Å². The maximum atomic E-state index is 11.3. The number of nitrogens with zero attached hydrogens (tertiary/aromatic N) is 1. The highest BCUT2D eigenvalue weighted by Gasteiger charge is 2.10. The van der Waals surface area contributed by atoms with Gasteiger partial charge >= 0.3 is 0 Å². The predicted octanol–water partition coefficient (Wildman–Crippen LogP) is 1.05. The van der Waals surface area contributed by atoms with Crippen molar-refractivity contribution in [1.29, 1.82) is 0 Å². The van der Waals surface area contributed by atoms with Crippen LogP contribution in [0.5, 0.6) is 0 Å². The van der Waals surface area contributed by atoms with E-state index in [4.69, 9.17) is 5.73 Å². The summed E-state index contributed by atoms with van der Waals surface area (Å²) in [6.45, 7) is 0. The van der Waals surface area contributed by atoms with Crippen molar-refractivity contribution in [3.05, 3.63) is 62.6 Å². The minimum absolute atomic E-state index is 0.0386. The lowest BCUT2D eigenvalue weighted by molar-refractivity contribution is -0.384. The van der Waals surface area contributed by atoms with Gasteiger partial charge in [-0.15, -0.1) is 0 Å². The smallest absolute Gasteiger partial charge is 0.269 e. The standard InChI is InChI=1S/C12H9N3O4/c13-11(16)10-5-8(6-14-12(10)17)7-1-3-9(4-2-7)15(18)19/h1-6H,(H2,13,16)(H,14,17). The minimum Gasteiger partial charge on any atom is -0.365 e. The summed E-state index contributed by atoms with van der Waals surface area (Å²) in [6.07, 6.45) is 1.41. The van der Waals surface area contributed by atoms with E-state index >= 15 is 0 Å². The van der Waals surface area contributed by atoms with Crippen LogP contribution in [0.25, 0.3) is 11.1 Å². The first-order valence-corrected chi connectivity index (χ1v) is 5.26. The topological polar surface area (TPSA) is 119 Å². The number of nitro groups is 1. The monoisotopic (exact) mass is 259 g/mol. The Morgan fingerprint density at radius 3 is 2.37 bits per heavy atom. The normalized spacial score (nSPS) is 10.1. The SMILES string of the molecule is NC(=O)c1cc(-c2ccc([N+](=O)[O-])cc2)c[nH]c1=O. The number of non-ortho nitro benzene ring substituents is 1. The number of amides is 1. The summed E-state index contributed by atoms with van der Waals surface area (Å²) in [5.74, 6) is -0.829. The largest absolute Gasteiger partial charge is 0.365 e. The third kappa shape index (κ3) is 2.49. The van der Waals surface area contributed by atoms with Crippen molar-refractivity contribution < 1.29 is 9.72 Å². The zero-order chi connectivity index (χ0) is 14.0. The molecule has 2 rings (SSSR count). The highest BCUT2D eigenvalue weighted by Crippen LogP contribution is 2.21. The predicted molar refractivity (Wildman–Crippen MR) is 67.7 cm³/mol. The van der Waals surface area contributed by atoms with Crippen molar-refractivity contribution >= 4 is 11.6 Å². The third-order valence-corrected chi connectivity index (χ3v) is 2.58. The van der Waals surface area contributed by atoms with E-state index < -0.39 is 16.4 Å². The van der Waals surface area contributed by atoms with Gasteiger partial charge in [0.05, 0.1) is 4.92 Å². The molecule has 0 saturated carbocycles. The molecule has 0 fully saturated rings. The summed E-state index contributed by atoms with van der Waals surface area (Å²) in [7, 11) is 0. The Hall–Kier alpha value is -2.96. The molecular formula is C12H9N3O4. The molecule has 0 aliphatic carbocycles. The molecule has 0 saturated heterocycles. The number of aromatic amines is 1. The Balaban J connectivity index is 2.47. The lowest BCUT2D eigenvalue weighted by atomic mass is 10.1. The number of hydrogen-bond donors (Lipinski definition) is 2. The Labute approximate surface area is 106 Å². The molecule has 0 spiro atoms. The molecule has 7 nitrogen and oxygen atoms in total. The highest BCUT2D eigenvalue weighted by molar-refractivity contribution is 5.93. The molecule has 1 heterocycles. The molecule has 96 valence electrons. The average Bonchev–Trinajstić information content (AvgIpc) is 2.39. The fraction of sp³-hybridized carbons (Fsp3) is 0. The zero-order valence-corrected chi connectivity index (χ0v) is 9.62. The van der Waals surface area contributed by atoms with Gasteiger partial charge in [0.1, 0.15) is 5.56 Å². The zero-order valence-electron chi connectivity index (χ0n) is 9.62. The average molecular weight is 259 g/mol. The Bertz CT molecular complexity index is 704. The number of aromatic nitrogens is 1. The van der Waals surface area contributed by atoms with E-state index in [0.29, 0.717) is 11.1 Å². The first-order chi connectivity index (χ1) is 8.99. The molecule has 2 aromatic rings. The van der Waals surface area contributed by atoms with Gasteiger partial charge in [0.15, 0.2) is 0 Å². The van der Waals surface area contributed by atoms with Gasteiger partial charge in [0.2, 0.25) is 0 Å². The van der Waals surface area contributed by atoms with Crippen molar-refractivity contribution in [2.45, 2.75) is 0 Å². The molecule has 1 aromatic heterocycles. The van der Waals surface area contributed by atoms with E-state index in [0.717, 1.165) is 0 Å². The number of primary amides is 1. The second-order valence-electron chi connectivity index (χ2n) is 3.80. The number of nitro benzene ring substituents is 1. The highest BCUT2D eigenvalue weighted by atomic mass is 16.6. The van der Waals surface area contributed by atoms with E-state index in [1.807, 2.05) is 0 Å².